The van der Waals surface area contributed by atoms with Gasteiger partial charge >= 0.3 is 0 Å². The topological polar surface area (TPSA) is 129 Å². The third kappa shape index (κ3) is 27.5. The summed E-state index contributed by atoms with van der Waals surface area (Å²) in [5.74, 6) is 1.80. The summed E-state index contributed by atoms with van der Waals surface area (Å²) in [5.41, 5.74) is 21.1. The van der Waals surface area contributed by atoms with Crippen molar-refractivity contribution in [2.24, 2.45) is 44.8 Å². The highest BCUT2D eigenvalue weighted by Gasteiger charge is 1.95. The smallest absolute Gasteiger partial charge is 0.218 e. The Labute approximate surface area is 162 Å². The highest BCUT2D eigenvalue weighted by Crippen LogP contribution is 2.09. The number of hydrogen-bond donors (Lipinski definition) is 4. The summed E-state index contributed by atoms with van der Waals surface area (Å²) in [4.78, 5) is 7.68. The van der Waals surface area contributed by atoms with Crippen molar-refractivity contribution in [3.8, 4) is 0 Å². The summed E-state index contributed by atoms with van der Waals surface area (Å²) in [6.07, 6.45) is 12.8. The first kappa shape index (κ1) is 26.9. The first-order valence-electron chi connectivity index (χ1n) is 10.4. The second-order valence-electron chi connectivity index (χ2n) is 7.76. The minimum Gasteiger partial charge on any atom is -0.370 e. The van der Waals surface area contributed by atoms with E-state index in [1.165, 1.54) is 57.8 Å². The third-order valence-electron chi connectivity index (χ3n) is 3.94. The number of aliphatic imine (C=N–C) groups is 2. The van der Waals surface area contributed by atoms with Gasteiger partial charge in [-0.25, -0.2) is 0 Å². The van der Waals surface area contributed by atoms with E-state index >= 15 is 0 Å². The molecule has 0 fully saturated rings. The zero-order chi connectivity index (χ0) is 20.2. The van der Waals surface area contributed by atoms with Crippen LogP contribution in [0.15, 0.2) is 9.98 Å². The Morgan fingerprint density at radius 2 is 1.15 bits per heavy atom. The van der Waals surface area contributed by atoms with E-state index in [1.807, 2.05) is 0 Å². The predicted octanol–water partition coefficient (Wildman–Crippen LogP) is 3.73. The molecule has 0 aromatic rings. The molecule has 156 valence electrons. The van der Waals surface area contributed by atoms with E-state index in [4.69, 9.17) is 22.9 Å². The molecule has 0 rings (SSSR count). The molecular formula is C20H46N6. The lowest BCUT2D eigenvalue weighted by molar-refractivity contribution is 0.521. The van der Waals surface area contributed by atoms with Crippen molar-refractivity contribution < 1.29 is 0 Å². The number of unbranched alkanes of at least 4 members (excludes halogenated alkanes) is 6. The van der Waals surface area contributed by atoms with Crippen molar-refractivity contribution in [3.05, 3.63) is 0 Å². The molecule has 0 aliphatic heterocycles. The van der Waals surface area contributed by atoms with Crippen LogP contribution in [-0.4, -0.2) is 25.0 Å². The van der Waals surface area contributed by atoms with Gasteiger partial charge in [0.25, 0.3) is 0 Å². The maximum Gasteiger partial charge on any atom is 0.218 e. The molecule has 0 amide bonds. The van der Waals surface area contributed by atoms with Gasteiger partial charge in [0, 0.05) is 6.54 Å². The molecule has 0 atom stereocenters. The van der Waals surface area contributed by atoms with Crippen LogP contribution in [0, 0.1) is 11.8 Å². The Balaban J connectivity index is 0. The molecule has 26 heavy (non-hydrogen) atoms. The molecule has 0 aromatic heterocycles. The fourth-order valence-corrected chi connectivity index (χ4v) is 2.43. The van der Waals surface area contributed by atoms with Crippen LogP contribution in [0.4, 0.5) is 0 Å². The average Bonchev–Trinajstić information content (AvgIpc) is 2.53. The lowest BCUT2D eigenvalue weighted by Gasteiger charge is -2.03. The van der Waals surface area contributed by atoms with Crippen LogP contribution in [0.1, 0.15) is 91.9 Å². The van der Waals surface area contributed by atoms with E-state index in [0.29, 0.717) is 6.54 Å². The van der Waals surface area contributed by atoms with E-state index in [9.17, 15) is 0 Å². The van der Waals surface area contributed by atoms with Gasteiger partial charge in [-0.15, -0.1) is 0 Å². The van der Waals surface area contributed by atoms with Crippen LogP contribution >= 0.6 is 0 Å². The maximum atomic E-state index is 5.46. The normalized spacial score (nSPS) is 11.4. The maximum absolute atomic E-state index is 5.46. The molecule has 0 bridgehead atoms. The zero-order valence-electron chi connectivity index (χ0n) is 17.8. The molecule has 0 heterocycles. The van der Waals surface area contributed by atoms with Crippen molar-refractivity contribution in [2.75, 3.05) is 13.1 Å². The quantitative estimate of drug-likeness (QED) is 0.223. The zero-order valence-corrected chi connectivity index (χ0v) is 17.8. The Morgan fingerprint density at radius 3 is 1.58 bits per heavy atom. The Hall–Kier alpha value is -1.30. The van der Waals surface area contributed by atoms with Crippen LogP contribution in [0.5, 0.6) is 0 Å². The molecule has 0 unspecified atom stereocenters. The molecule has 0 saturated heterocycles. The first-order chi connectivity index (χ1) is 12.3. The summed E-state index contributed by atoms with van der Waals surface area (Å²) < 4.78 is 0. The summed E-state index contributed by atoms with van der Waals surface area (Å²) in [6.45, 7) is 10.6. The van der Waals surface area contributed by atoms with Crippen LogP contribution in [0.25, 0.3) is 0 Å². The van der Waals surface area contributed by atoms with Crippen molar-refractivity contribution in [1.82, 2.24) is 0 Å². The third-order valence-corrected chi connectivity index (χ3v) is 3.94. The van der Waals surface area contributed by atoms with E-state index < -0.39 is 0 Å². The minimum atomic E-state index is -0.0433. The lowest BCUT2D eigenvalue weighted by atomic mass is 10.0. The molecule has 6 heteroatoms. The molecule has 8 N–H and O–H groups in total. The molecule has 0 spiro atoms. The molecule has 0 aromatic carbocycles. The standard InChI is InChI=1S/C11H25N5.C9H21N/c1-9(2)7-5-3-4-6-8-15-11(14)16-10(12)13;1-9(2)7-5-3-4-6-8-10/h9H,3-8H2,1-2H3,(H6,12,13,14,15,16);9H,3-8,10H2,1-2H3. The summed E-state index contributed by atoms with van der Waals surface area (Å²) in [7, 11) is 0. The van der Waals surface area contributed by atoms with Crippen molar-refractivity contribution in [2.45, 2.75) is 91.9 Å². The number of rotatable bonds is 13. The molecule has 0 aliphatic carbocycles. The van der Waals surface area contributed by atoms with Gasteiger partial charge in [0.1, 0.15) is 0 Å². The van der Waals surface area contributed by atoms with Gasteiger partial charge in [0.2, 0.25) is 5.96 Å². The average molecular weight is 371 g/mol. The molecule has 6 nitrogen and oxygen atoms in total. The number of hydrogen-bond acceptors (Lipinski definition) is 2. The van der Waals surface area contributed by atoms with Crippen LogP contribution in [-0.2, 0) is 0 Å². The van der Waals surface area contributed by atoms with E-state index in [-0.39, 0.29) is 11.9 Å². The number of guanidine groups is 2. The van der Waals surface area contributed by atoms with Crippen LogP contribution in [0.2, 0.25) is 0 Å². The predicted molar refractivity (Wildman–Crippen MR) is 117 cm³/mol. The number of nitrogens with two attached hydrogens (primary N) is 4. The number of nitrogens with zero attached hydrogens (tertiary/aromatic N) is 2. The molecule has 0 aliphatic rings. The molecule has 0 saturated carbocycles. The van der Waals surface area contributed by atoms with Crippen molar-refractivity contribution in [3.63, 3.8) is 0 Å². The van der Waals surface area contributed by atoms with Gasteiger partial charge in [-0.05, 0) is 31.2 Å². The highest BCUT2D eigenvalue weighted by molar-refractivity contribution is 5.92. The SMILES string of the molecule is CC(C)CCCCCCN.CC(C)CCCCCCN=C(N)N=C(N)N. The van der Waals surface area contributed by atoms with Crippen molar-refractivity contribution in [1.29, 1.82) is 0 Å². The van der Waals surface area contributed by atoms with Crippen LogP contribution in [0.3, 0.4) is 0 Å². The van der Waals surface area contributed by atoms with Gasteiger partial charge < -0.3 is 22.9 Å². The van der Waals surface area contributed by atoms with E-state index in [1.54, 1.807) is 0 Å². The highest BCUT2D eigenvalue weighted by atomic mass is 15.1. The summed E-state index contributed by atoms with van der Waals surface area (Å²) in [5, 5.41) is 0. The Kier molecular flexibility index (Phi) is 20.7. The monoisotopic (exact) mass is 370 g/mol. The summed E-state index contributed by atoms with van der Waals surface area (Å²) in [6, 6.07) is 0. The fourth-order valence-electron chi connectivity index (χ4n) is 2.43. The largest absolute Gasteiger partial charge is 0.370 e. The molecule has 0 radical (unpaired) electrons. The van der Waals surface area contributed by atoms with E-state index in [0.717, 1.165) is 24.8 Å². The van der Waals surface area contributed by atoms with Gasteiger partial charge in [-0.3, -0.25) is 4.99 Å². The Morgan fingerprint density at radius 1 is 0.692 bits per heavy atom. The van der Waals surface area contributed by atoms with Crippen LogP contribution < -0.4 is 22.9 Å². The second kappa shape index (κ2) is 20.0. The molecular weight excluding hydrogens is 324 g/mol. The second-order valence-corrected chi connectivity index (χ2v) is 7.76. The summed E-state index contributed by atoms with van der Waals surface area (Å²) >= 11 is 0. The van der Waals surface area contributed by atoms with Gasteiger partial charge in [-0.2, -0.15) is 4.99 Å². The van der Waals surface area contributed by atoms with Gasteiger partial charge in [0.05, 0.1) is 0 Å². The van der Waals surface area contributed by atoms with Crippen molar-refractivity contribution >= 4 is 11.9 Å². The Bertz CT molecular complexity index is 346. The fraction of sp³-hybridized carbons (Fsp3) is 0.900. The first-order valence-corrected chi connectivity index (χ1v) is 10.4. The van der Waals surface area contributed by atoms with Gasteiger partial charge in [0.15, 0.2) is 5.96 Å². The van der Waals surface area contributed by atoms with Gasteiger partial charge in [-0.1, -0.05) is 79.1 Å². The van der Waals surface area contributed by atoms with E-state index in [2.05, 4.69) is 37.7 Å². The lowest BCUT2D eigenvalue weighted by Crippen LogP contribution is -2.26. The minimum absolute atomic E-state index is 0.0433.